The zero-order valence-electron chi connectivity index (χ0n) is 1.00. The Labute approximate surface area is 86.1 Å². The number of hydrogen-bond acceptors (Lipinski definition) is 0. The summed E-state index contributed by atoms with van der Waals surface area (Å²) in [5.41, 5.74) is 0. The smallest absolute Gasteiger partial charge is 0.316 e. The van der Waals surface area contributed by atoms with Crippen molar-refractivity contribution in [3.05, 3.63) is 0 Å². The summed E-state index contributed by atoms with van der Waals surface area (Å²) in [5, 5.41) is 0. The molecule has 0 rings (SSSR count). The van der Waals surface area contributed by atoms with Crippen LogP contribution in [-0.4, -0.2) is 60.8 Å². The van der Waals surface area contributed by atoms with Crippen molar-refractivity contribution in [2.24, 2.45) is 0 Å². The van der Waals surface area contributed by atoms with Crippen molar-refractivity contribution in [3.8, 4) is 0 Å². The van der Waals surface area contributed by atoms with E-state index < -0.39 is 0 Å². The maximum Gasteiger partial charge on any atom is 0.316 e. The van der Waals surface area contributed by atoms with E-state index in [1.54, 1.807) is 0 Å². The number of rotatable bonds is 0. The first kappa shape index (κ1) is 29.7. The van der Waals surface area contributed by atoms with E-state index in [0.717, 1.165) is 0 Å². The van der Waals surface area contributed by atoms with Gasteiger partial charge in [0.05, 0.1) is 0 Å². The van der Waals surface area contributed by atoms with Crippen LogP contribution < -0.4 is 0 Å². The van der Waals surface area contributed by atoms with Crippen LogP contribution in [0.1, 0.15) is 0 Å². The van der Waals surface area contributed by atoms with Gasteiger partial charge in [-0.2, -0.15) is 27.0 Å². The molecular formula is H8CaMgS2. The molecular weight excluding hydrogens is 129 g/mol. The van der Waals surface area contributed by atoms with Gasteiger partial charge < -0.3 is 0 Å². The van der Waals surface area contributed by atoms with Crippen molar-refractivity contribution in [1.82, 2.24) is 0 Å². The predicted octanol–water partition coefficient (Wildman–Crippen LogP) is -1.61. The maximum absolute atomic E-state index is 0. The summed E-state index contributed by atoms with van der Waals surface area (Å²) in [6, 6.07) is 0. The second kappa shape index (κ2) is 17.2. The van der Waals surface area contributed by atoms with Crippen molar-refractivity contribution in [2.75, 3.05) is 0 Å². The van der Waals surface area contributed by atoms with Gasteiger partial charge in [-0.25, -0.2) is 0 Å². The minimum absolute atomic E-state index is 0. The SMILES string of the molecule is S.S.[CaH2].[MgH2]. The van der Waals surface area contributed by atoms with Gasteiger partial charge in [-0.05, 0) is 0 Å². The minimum Gasteiger partial charge on any atom is 0.316 e. The molecule has 0 aliphatic rings. The molecule has 0 radical (unpaired) electrons. The minimum atomic E-state index is 0. The Morgan fingerprint density at radius 2 is 0.750 bits per heavy atom. The summed E-state index contributed by atoms with van der Waals surface area (Å²) >= 11 is 0. The first-order chi connectivity index (χ1) is 0. The van der Waals surface area contributed by atoms with Crippen LogP contribution in [0.4, 0.5) is 0 Å². The van der Waals surface area contributed by atoms with Crippen molar-refractivity contribution in [2.45, 2.75) is 0 Å². The van der Waals surface area contributed by atoms with Gasteiger partial charge in [0.15, 0.2) is 0 Å². The molecule has 0 aliphatic carbocycles. The van der Waals surface area contributed by atoms with Crippen molar-refractivity contribution in [1.29, 1.82) is 0 Å². The third-order valence-corrected chi connectivity index (χ3v) is 0. The molecule has 0 saturated carbocycles. The van der Waals surface area contributed by atoms with Crippen LogP contribution in [0.5, 0.6) is 0 Å². The molecule has 0 amide bonds. The van der Waals surface area contributed by atoms with E-state index in [2.05, 4.69) is 0 Å². The molecule has 0 fully saturated rings. The van der Waals surface area contributed by atoms with E-state index in [9.17, 15) is 0 Å². The van der Waals surface area contributed by atoms with Crippen LogP contribution in [0, 0.1) is 0 Å². The average molecular weight is 137 g/mol. The molecule has 0 unspecified atom stereocenters. The van der Waals surface area contributed by atoms with Gasteiger partial charge >= 0.3 is 60.8 Å². The molecule has 0 bridgehead atoms. The molecule has 0 aromatic carbocycles. The Morgan fingerprint density at radius 1 is 0.750 bits per heavy atom. The van der Waals surface area contributed by atoms with Crippen LogP contribution in [0.3, 0.4) is 0 Å². The molecule has 0 heterocycles. The van der Waals surface area contributed by atoms with Crippen LogP contribution >= 0.6 is 27.0 Å². The van der Waals surface area contributed by atoms with E-state index in [1.807, 2.05) is 0 Å². The third kappa shape index (κ3) is 8.83. The maximum atomic E-state index is 0. The van der Waals surface area contributed by atoms with Gasteiger partial charge in [0.25, 0.3) is 0 Å². The molecule has 0 aromatic rings. The van der Waals surface area contributed by atoms with Gasteiger partial charge in [0, 0.05) is 0 Å². The summed E-state index contributed by atoms with van der Waals surface area (Å²) in [7, 11) is 0. The normalized spacial score (nSPS) is 0. The van der Waals surface area contributed by atoms with Gasteiger partial charge in [0.2, 0.25) is 0 Å². The molecule has 4 heavy (non-hydrogen) atoms. The second-order valence-corrected chi connectivity index (χ2v) is 0. The fourth-order valence-electron chi connectivity index (χ4n) is 0. The summed E-state index contributed by atoms with van der Waals surface area (Å²) in [4.78, 5) is 0. The molecule has 0 saturated heterocycles. The van der Waals surface area contributed by atoms with Crippen LogP contribution in [0.15, 0.2) is 0 Å². The third-order valence-electron chi connectivity index (χ3n) is 0. The Hall–Kier alpha value is 2.73. The van der Waals surface area contributed by atoms with Crippen molar-refractivity contribution < 1.29 is 0 Å². The average Bonchev–Trinajstić information content (AvgIpc) is 0. The largest absolute Gasteiger partial charge is 0.316 e. The molecule has 0 aliphatic heterocycles. The molecule has 0 aromatic heterocycles. The Morgan fingerprint density at radius 3 is 0.750 bits per heavy atom. The molecule has 0 spiro atoms. The van der Waals surface area contributed by atoms with Crippen molar-refractivity contribution in [3.63, 3.8) is 0 Å². The zero-order chi connectivity index (χ0) is 0. The first-order valence-electron chi connectivity index (χ1n) is 0. The Balaban J connectivity index is 0. The summed E-state index contributed by atoms with van der Waals surface area (Å²) in [5.74, 6) is 0. The van der Waals surface area contributed by atoms with E-state index in [-0.39, 0.29) is 87.8 Å². The standard InChI is InChI=1S/Ca.Mg.2H2S.4H/h;;2*1H2;;;;. The molecule has 24 valence electrons. The van der Waals surface area contributed by atoms with Gasteiger partial charge in [-0.1, -0.05) is 0 Å². The van der Waals surface area contributed by atoms with Gasteiger partial charge in [0.1, 0.15) is 0 Å². The van der Waals surface area contributed by atoms with E-state index in [1.165, 1.54) is 0 Å². The van der Waals surface area contributed by atoms with Crippen LogP contribution in [-0.2, 0) is 0 Å². The van der Waals surface area contributed by atoms with E-state index >= 15 is 0 Å². The summed E-state index contributed by atoms with van der Waals surface area (Å²) < 4.78 is 0. The quantitative estimate of drug-likeness (QED) is 0.352. The van der Waals surface area contributed by atoms with Crippen LogP contribution in [0.2, 0.25) is 0 Å². The summed E-state index contributed by atoms with van der Waals surface area (Å²) in [6.45, 7) is 0. The summed E-state index contributed by atoms with van der Waals surface area (Å²) in [6.07, 6.45) is 0. The van der Waals surface area contributed by atoms with E-state index in [4.69, 9.17) is 0 Å². The molecule has 0 atom stereocenters. The Kier molecular flexibility index (Phi) is 128. The first-order valence-corrected chi connectivity index (χ1v) is 0. The molecule has 4 heteroatoms. The zero-order valence-corrected chi connectivity index (χ0v) is 3.00. The second-order valence-electron chi connectivity index (χ2n) is 0. The van der Waals surface area contributed by atoms with Crippen LogP contribution in [0.25, 0.3) is 0 Å². The molecule has 0 nitrogen and oxygen atoms in total. The Bertz CT molecular complexity index is 6.00. The molecule has 0 N–H and O–H groups in total. The fraction of sp³-hybridized carbons (Fsp3) is 0. The number of hydrogen-bond donors (Lipinski definition) is 0. The van der Waals surface area contributed by atoms with Crippen molar-refractivity contribution >= 4 is 87.8 Å². The topological polar surface area (TPSA) is 0 Å². The van der Waals surface area contributed by atoms with E-state index in [0.29, 0.717) is 0 Å². The fourth-order valence-corrected chi connectivity index (χ4v) is 0. The van der Waals surface area contributed by atoms with Gasteiger partial charge in [-0.15, -0.1) is 0 Å². The predicted molar refractivity (Wildman–Crippen MR) is 37.9 cm³/mol. The van der Waals surface area contributed by atoms with Gasteiger partial charge in [-0.3, -0.25) is 0 Å². The monoisotopic (exact) mass is 136 g/mol.